The van der Waals surface area contributed by atoms with Crippen molar-refractivity contribution in [1.82, 2.24) is 9.78 Å². The van der Waals surface area contributed by atoms with Gasteiger partial charge in [0.05, 0.1) is 5.52 Å². The van der Waals surface area contributed by atoms with Crippen molar-refractivity contribution in [3.05, 3.63) is 59.8 Å². The van der Waals surface area contributed by atoms with Gasteiger partial charge < -0.3 is 9.84 Å². The van der Waals surface area contributed by atoms with E-state index in [1.165, 1.54) is 0 Å². The molecule has 1 N–H and O–H groups in total. The average Bonchev–Trinajstić information content (AvgIpc) is 2.84. The normalized spacial score (nSPS) is 11.0. The van der Waals surface area contributed by atoms with E-state index in [-0.39, 0.29) is 6.61 Å². The number of nitrogens with zero attached hydrogens (tertiary/aromatic N) is 2. The number of aliphatic hydroxyl groups is 1. The summed E-state index contributed by atoms with van der Waals surface area (Å²) in [5, 5.41) is 14.7. The average molecular weight is 282 g/mol. The molecule has 0 radical (unpaired) electrons. The third kappa shape index (κ3) is 2.76. The molecule has 0 atom stereocenters. The first-order valence-corrected chi connectivity index (χ1v) is 7.02. The van der Waals surface area contributed by atoms with Crippen LogP contribution in [0.1, 0.15) is 11.3 Å². The molecule has 0 aliphatic heterocycles. The van der Waals surface area contributed by atoms with Crippen LogP contribution in [0.5, 0.6) is 5.75 Å². The number of benzene rings is 2. The Morgan fingerprint density at radius 1 is 1.10 bits per heavy atom. The Morgan fingerprint density at radius 2 is 1.86 bits per heavy atom. The van der Waals surface area contributed by atoms with Crippen LogP contribution in [0.4, 0.5) is 0 Å². The fraction of sp³-hybridized carbons (Fsp3) is 0.235. The number of aliphatic hydroxyl groups excluding tert-OH is 1. The summed E-state index contributed by atoms with van der Waals surface area (Å²) in [5.41, 5.74) is 3.03. The van der Waals surface area contributed by atoms with Gasteiger partial charge in [0.1, 0.15) is 18.1 Å². The lowest BCUT2D eigenvalue weighted by Gasteiger charge is -2.09. The van der Waals surface area contributed by atoms with Gasteiger partial charge in [-0.3, -0.25) is 4.68 Å². The number of aryl methyl sites for hydroxylation is 1. The molecular weight excluding hydrogens is 264 g/mol. The third-order valence-corrected chi connectivity index (χ3v) is 3.55. The minimum atomic E-state index is 0.118. The first-order chi connectivity index (χ1) is 10.3. The van der Waals surface area contributed by atoms with Gasteiger partial charge in [-0.15, -0.1) is 0 Å². The quantitative estimate of drug-likeness (QED) is 0.782. The van der Waals surface area contributed by atoms with E-state index < -0.39 is 0 Å². The summed E-state index contributed by atoms with van der Waals surface area (Å²) in [5.74, 6) is 0.807. The molecule has 21 heavy (non-hydrogen) atoms. The number of fused-ring (bicyclic) bond motifs is 1. The molecule has 0 bridgehead atoms. The van der Waals surface area contributed by atoms with E-state index in [1.807, 2.05) is 54.2 Å². The van der Waals surface area contributed by atoms with E-state index in [0.717, 1.165) is 27.9 Å². The van der Waals surface area contributed by atoms with E-state index in [4.69, 9.17) is 9.84 Å². The first-order valence-electron chi connectivity index (χ1n) is 7.02. The maximum atomic E-state index is 9.10. The van der Waals surface area contributed by atoms with E-state index >= 15 is 0 Å². The molecule has 0 aliphatic carbocycles. The highest BCUT2D eigenvalue weighted by atomic mass is 16.5. The monoisotopic (exact) mass is 282 g/mol. The van der Waals surface area contributed by atoms with Gasteiger partial charge in [-0.1, -0.05) is 36.4 Å². The topological polar surface area (TPSA) is 47.3 Å². The van der Waals surface area contributed by atoms with Crippen LogP contribution in [-0.4, -0.2) is 21.5 Å². The van der Waals surface area contributed by atoms with Crippen molar-refractivity contribution in [1.29, 1.82) is 0 Å². The van der Waals surface area contributed by atoms with Crippen LogP contribution in [0.3, 0.4) is 0 Å². The van der Waals surface area contributed by atoms with Gasteiger partial charge in [-0.2, -0.15) is 5.10 Å². The molecule has 3 aromatic rings. The van der Waals surface area contributed by atoms with E-state index in [1.54, 1.807) is 0 Å². The van der Waals surface area contributed by atoms with Gasteiger partial charge in [0.2, 0.25) is 0 Å². The van der Waals surface area contributed by atoms with Crippen molar-refractivity contribution in [3.8, 4) is 5.75 Å². The number of rotatable bonds is 5. The molecule has 0 unspecified atom stereocenters. The van der Waals surface area contributed by atoms with Crippen LogP contribution in [-0.2, 0) is 20.1 Å². The van der Waals surface area contributed by atoms with Gasteiger partial charge >= 0.3 is 0 Å². The molecule has 0 saturated carbocycles. The summed E-state index contributed by atoms with van der Waals surface area (Å²) in [6.07, 6.45) is 0.596. The fourth-order valence-electron chi connectivity index (χ4n) is 2.51. The molecule has 4 heteroatoms. The number of hydrogen-bond donors (Lipinski definition) is 1. The predicted octanol–water partition coefficient (Wildman–Crippen LogP) is 2.69. The zero-order valence-electron chi connectivity index (χ0n) is 12.0. The van der Waals surface area contributed by atoms with Crippen LogP contribution >= 0.6 is 0 Å². The van der Waals surface area contributed by atoms with Crippen LogP contribution in [0, 0.1) is 0 Å². The van der Waals surface area contributed by atoms with Crippen molar-refractivity contribution in [2.24, 2.45) is 7.05 Å². The minimum absolute atomic E-state index is 0.118. The molecule has 0 fully saturated rings. The van der Waals surface area contributed by atoms with Crippen LogP contribution in [0.15, 0.2) is 48.5 Å². The van der Waals surface area contributed by atoms with Gasteiger partial charge in [0, 0.05) is 19.0 Å². The highest BCUT2D eigenvalue weighted by molar-refractivity contribution is 5.81. The van der Waals surface area contributed by atoms with Crippen LogP contribution < -0.4 is 4.74 Å². The van der Waals surface area contributed by atoms with Gasteiger partial charge in [-0.25, -0.2) is 0 Å². The van der Waals surface area contributed by atoms with E-state index in [0.29, 0.717) is 13.0 Å². The largest absolute Gasteiger partial charge is 0.487 e. The molecular formula is C17H18N2O2. The Bertz CT molecular complexity index is 749. The van der Waals surface area contributed by atoms with E-state index in [9.17, 15) is 0 Å². The highest BCUT2D eigenvalue weighted by Gasteiger charge is 2.09. The summed E-state index contributed by atoms with van der Waals surface area (Å²) in [6.45, 7) is 0.538. The van der Waals surface area contributed by atoms with Crippen molar-refractivity contribution < 1.29 is 9.84 Å². The van der Waals surface area contributed by atoms with Gasteiger partial charge in [0.15, 0.2) is 0 Å². The number of aromatic nitrogens is 2. The maximum Gasteiger partial charge on any atom is 0.133 e. The Hall–Kier alpha value is -2.33. The Labute approximate surface area is 123 Å². The lowest BCUT2D eigenvalue weighted by molar-refractivity contribution is 0.282. The third-order valence-electron chi connectivity index (χ3n) is 3.55. The molecule has 1 heterocycles. The van der Waals surface area contributed by atoms with Crippen LogP contribution in [0.25, 0.3) is 10.9 Å². The lowest BCUT2D eigenvalue weighted by atomic mass is 10.1. The van der Waals surface area contributed by atoms with Crippen molar-refractivity contribution in [2.45, 2.75) is 13.0 Å². The summed E-state index contributed by atoms with van der Waals surface area (Å²) in [4.78, 5) is 0. The number of ether oxygens (including phenoxy) is 1. The molecule has 0 amide bonds. The summed E-state index contributed by atoms with van der Waals surface area (Å²) in [7, 11) is 1.94. The molecule has 4 nitrogen and oxygen atoms in total. The second-order valence-corrected chi connectivity index (χ2v) is 4.96. The second kappa shape index (κ2) is 5.97. The van der Waals surface area contributed by atoms with Crippen molar-refractivity contribution in [3.63, 3.8) is 0 Å². The lowest BCUT2D eigenvalue weighted by Crippen LogP contribution is -2.01. The molecule has 2 aromatic carbocycles. The summed E-state index contributed by atoms with van der Waals surface area (Å²) < 4.78 is 7.78. The zero-order chi connectivity index (χ0) is 14.7. The summed E-state index contributed by atoms with van der Waals surface area (Å²) >= 11 is 0. The van der Waals surface area contributed by atoms with Crippen LogP contribution in [0.2, 0.25) is 0 Å². The fourth-order valence-corrected chi connectivity index (χ4v) is 2.51. The zero-order valence-corrected chi connectivity index (χ0v) is 12.0. The SMILES string of the molecule is Cn1nc(COc2ccccc2CCO)c2ccccc21. The predicted molar refractivity (Wildman–Crippen MR) is 82.3 cm³/mol. The molecule has 108 valence electrons. The smallest absolute Gasteiger partial charge is 0.133 e. The van der Waals surface area contributed by atoms with Crippen molar-refractivity contribution >= 4 is 10.9 Å². The van der Waals surface area contributed by atoms with Gasteiger partial charge in [-0.05, 0) is 24.1 Å². The van der Waals surface area contributed by atoms with Crippen molar-refractivity contribution in [2.75, 3.05) is 6.61 Å². The Morgan fingerprint density at radius 3 is 2.71 bits per heavy atom. The molecule has 1 aromatic heterocycles. The Kier molecular flexibility index (Phi) is 3.88. The molecule has 0 aliphatic rings. The Balaban J connectivity index is 1.84. The maximum absolute atomic E-state index is 9.10. The van der Waals surface area contributed by atoms with E-state index in [2.05, 4.69) is 11.2 Å². The second-order valence-electron chi connectivity index (χ2n) is 4.96. The molecule has 0 saturated heterocycles. The molecule has 3 rings (SSSR count). The summed E-state index contributed by atoms with van der Waals surface area (Å²) in [6, 6.07) is 15.9. The highest BCUT2D eigenvalue weighted by Crippen LogP contribution is 2.22. The minimum Gasteiger partial charge on any atom is -0.487 e. The standard InChI is InChI=1S/C17H18N2O2/c1-19-16-8-4-3-7-14(16)15(18-19)12-21-17-9-5-2-6-13(17)10-11-20/h2-9,20H,10-12H2,1H3. The molecule has 0 spiro atoms. The number of para-hydroxylation sites is 2. The first kappa shape index (κ1) is 13.6. The van der Waals surface area contributed by atoms with Gasteiger partial charge in [0.25, 0.3) is 0 Å². The number of hydrogen-bond acceptors (Lipinski definition) is 3.